The van der Waals surface area contributed by atoms with E-state index in [1.54, 1.807) is 35.2 Å². The van der Waals surface area contributed by atoms with Gasteiger partial charge in [-0.1, -0.05) is 17.7 Å². The average Bonchev–Trinajstić information content (AvgIpc) is 3.21. The lowest BCUT2D eigenvalue weighted by atomic mass is 10.2. The molecule has 0 unspecified atom stereocenters. The summed E-state index contributed by atoms with van der Waals surface area (Å²) in [7, 11) is 0. The lowest BCUT2D eigenvalue weighted by Crippen LogP contribution is -2.13. The van der Waals surface area contributed by atoms with Crippen molar-refractivity contribution in [2.24, 2.45) is 0 Å². The third-order valence-corrected chi connectivity index (χ3v) is 5.15. The number of imidazole rings is 1. The molecule has 2 aliphatic heterocycles. The van der Waals surface area contributed by atoms with E-state index in [4.69, 9.17) is 11.6 Å². The molecule has 0 aliphatic carbocycles. The van der Waals surface area contributed by atoms with Crippen molar-refractivity contribution in [2.45, 2.75) is 13.0 Å². The summed E-state index contributed by atoms with van der Waals surface area (Å²) >= 11 is 6.68. The number of hydrogen-bond donors (Lipinski definition) is 0. The fourth-order valence-electron chi connectivity index (χ4n) is 2.69. The fraction of sp³-hybridized carbons (Fsp3) is 0.118. The molecule has 0 atom stereocenters. The smallest absolute Gasteiger partial charge is 0.327 e. The Morgan fingerprint density at radius 3 is 2.73 bits per heavy atom. The van der Waals surface area contributed by atoms with Gasteiger partial charge < -0.3 is 4.57 Å². The van der Waals surface area contributed by atoms with Gasteiger partial charge in [-0.2, -0.15) is 4.98 Å². The van der Waals surface area contributed by atoms with E-state index in [1.807, 2.05) is 6.07 Å². The van der Waals surface area contributed by atoms with Crippen LogP contribution in [0.25, 0.3) is 16.5 Å². The standard InChI is InChI=1S/C17H11ClF2N4OS/c18-13-5-3-10(8-21-13)9-23-7-1-2-11-16(23)22-17(25)24(11)14-6-4-12(26-14)15(19)20/h1-8,15H,9H2. The summed E-state index contributed by atoms with van der Waals surface area (Å²) in [6.07, 6.45) is 0.880. The molecule has 0 amide bonds. The first-order valence-corrected chi connectivity index (χ1v) is 8.79. The number of fused-ring (bicyclic) bond motifs is 1. The van der Waals surface area contributed by atoms with Crippen molar-refractivity contribution in [2.75, 3.05) is 0 Å². The second kappa shape index (κ2) is 6.62. The lowest BCUT2D eigenvalue weighted by Gasteiger charge is -2.12. The third-order valence-electron chi connectivity index (χ3n) is 3.84. The van der Waals surface area contributed by atoms with E-state index in [9.17, 15) is 13.6 Å². The molecular weight excluding hydrogens is 382 g/mol. The summed E-state index contributed by atoms with van der Waals surface area (Å²) in [6, 6.07) is 9.88. The molecule has 0 saturated heterocycles. The highest BCUT2D eigenvalue weighted by molar-refractivity contribution is 7.14. The normalized spacial score (nSPS) is 11.5. The van der Waals surface area contributed by atoms with E-state index >= 15 is 0 Å². The highest BCUT2D eigenvalue weighted by Gasteiger charge is 2.21. The van der Waals surface area contributed by atoms with E-state index in [2.05, 4.69) is 9.97 Å². The molecule has 2 aromatic heterocycles. The van der Waals surface area contributed by atoms with Gasteiger partial charge in [0.25, 0.3) is 6.43 Å². The molecule has 0 fully saturated rings. The quantitative estimate of drug-likeness (QED) is 0.488. The van der Waals surface area contributed by atoms with Gasteiger partial charge in [0.15, 0.2) is 5.82 Å². The number of alkyl halides is 2. The van der Waals surface area contributed by atoms with Crippen LogP contribution >= 0.6 is 22.9 Å². The number of halogens is 3. The van der Waals surface area contributed by atoms with Crippen molar-refractivity contribution in [3.8, 4) is 16.5 Å². The van der Waals surface area contributed by atoms with Gasteiger partial charge >= 0.3 is 5.69 Å². The van der Waals surface area contributed by atoms with E-state index in [0.717, 1.165) is 16.9 Å². The van der Waals surface area contributed by atoms with Crippen LogP contribution in [0.3, 0.4) is 0 Å². The molecule has 0 saturated carbocycles. The minimum Gasteiger partial charge on any atom is -0.327 e. The number of rotatable bonds is 4. The van der Waals surface area contributed by atoms with E-state index in [1.165, 1.54) is 16.7 Å². The number of hydrogen-bond acceptors (Lipinski definition) is 4. The SMILES string of the molecule is O=c1nc2n(Cc3ccc(Cl)nc3)cccc-2n1-c1ccc(C(F)F)s1. The molecule has 2 aliphatic rings. The van der Waals surface area contributed by atoms with Gasteiger partial charge in [0, 0.05) is 12.4 Å². The Morgan fingerprint density at radius 1 is 1.19 bits per heavy atom. The summed E-state index contributed by atoms with van der Waals surface area (Å²) in [5, 5.41) is 0.814. The molecule has 4 rings (SSSR count). The van der Waals surface area contributed by atoms with Gasteiger partial charge in [-0.15, -0.1) is 11.3 Å². The molecule has 132 valence electrons. The van der Waals surface area contributed by atoms with Crippen LogP contribution in [0.15, 0.2) is 53.6 Å². The van der Waals surface area contributed by atoms with E-state index in [-0.39, 0.29) is 4.88 Å². The fourth-order valence-corrected chi connectivity index (χ4v) is 3.67. The minimum atomic E-state index is -2.57. The summed E-state index contributed by atoms with van der Waals surface area (Å²) in [6.45, 7) is 0.449. The van der Waals surface area contributed by atoms with Crippen molar-refractivity contribution in [3.05, 3.63) is 74.9 Å². The van der Waals surface area contributed by atoms with Crippen LogP contribution in [-0.4, -0.2) is 19.1 Å². The van der Waals surface area contributed by atoms with Crippen LogP contribution in [0.1, 0.15) is 16.9 Å². The van der Waals surface area contributed by atoms with Gasteiger partial charge in [-0.3, -0.25) is 0 Å². The Labute approximate surface area is 155 Å². The van der Waals surface area contributed by atoms with Crippen molar-refractivity contribution in [1.29, 1.82) is 0 Å². The highest BCUT2D eigenvalue weighted by atomic mass is 35.5. The van der Waals surface area contributed by atoms with Gasteiger partial charge in [0.1, 0.15) is 10.2 Å². The molecule has 0 aromatic carbocycles. The first kappa shape index (κ1) is 16.9. The Morgan fingerprint density at radius 2 is 2.04 bits per heavy atom. The Hall–Kier alpha value is -2.58. The average molecular weight is 393 g/mol. The maximum atomic E-state index is 12.9. The molecule has 5 nitrogen and oxygen atoms in total. The van der Waals surface area contributed by atoms with Gasteiger partial charge in [0.2, 0.25) is 0 Å². The second-order valence-electron chi connectivity index (χ2n) is 5.54. The maximum absolute atomic E-state index is 12.9. The number of thiophene rings is 1. The summed E-state index contributed by atoms with van der Waals surface area (Å²) in [4.78, 5) is 20.5. The monoisotopic (exact) mass is 392 g/mol. The summed E-state index contributed by atoms with van der Waals surface area (Å²) in [5.74, 6) is 0.472. The zero-order chi connectivity index (χ0) is 18.3. The van der Waals surface area contributed by atoms with Gasteiger partial charge in [-0.05, 0) is 35.9 Å². The van der Waals surface area contributed by atoms with Crippen molar-refractivity contribution in [3.63, 3.8) is 0 Å². The zero-order valence-electron chi connectivity index (χ0n) is 13.1. The minimum absolute atomic E-state index is 0.0858. The topological polar surface area (TPSA) is 52.7 Å². The van der Waals surface area contributed by atoms with Gasteiger partial charge in [-0.25, -0.2) is 23.1 Å². The van der Waals surface area contributed by atoms with E-state index in [0.29, 0.717) is 28.2 Å². The summed E-state index contributed by atoms with van der Waals surface area (Å²) < 4.78 is 28.9. The van der Waals surface area contributed by atoms with Crippen LogP contribution in [0.5, 0.6) is 0 Å². The molecule has 4 heterocycles. The molecule has 2 aromatic rings. The highest BCUT2D eigenvalue weighted by Crippen LogP contribution is 2.31. The first-order valence-electron chi connectivity index (χ1n) is 7.59. The predicted octanol–water partition coefficient (Wildman–Crippen LogP) is 4.23. The molecular formula is C17H11ClF2N4OS. The molecule has 0 radical (unpaired) electrons. The number of aromatic nitrogens is 4. The van der Waals surface area contributed by atoms with E-state index < -0.39 is 12.1 Å². The Bertz CT molecular complexity index is 1090. The van der Waals surface area contributed by atoms with Crippen molar-refractivity contribution < 1.29 is 8.78 Å². The van der Waals surface area contributed by atoms with Crippen molar-refractivity contribution in [1.82, 2.24) is 19.1 Å². The molecule has 0 spiro atoms. The molecule has 0 N–H and O–H groups in total. The van der Waals surface area contributed by atoms with Crippen LogP contribution in [-0.2, 0) is 6.54 Å². The first-order chi connectivity index (χ1) is 12.5. The largest absolute Gasteiger partial charge is 0.355 e. The maximum Gasteiger partial charge on any atom is 0.355 e. The van der Waals surface area contributed by atoms with Gasteiger partial charge in [0.05, 0.1) is 17.1 Å². The Kier molecular flexibility index (Phi) is 4.29. The predicted molar refractivity (Wildman–Crippen MR) is 95.6 cm³/mol. The molecule has 9 heteroatoms. The molecule has 26 heavy (non-hydrogen) atoms. The van der Waals surface area contributed by atoms with Crippen LogP contribution in [0.4, 0.5) is 8.78 Å². The van der Waals surface area contributed by atoms with Crippen LogP contribution in [0.2, 0.25) is 5.15 Å². The zero-order valence-corrected chi connectivity index (χ0v) is 14.7. The third kappa shape index (κ3) is 3.02. The molecule has 0 bridgehead atoms. The second-order valence-corrected chi connectivity index (χ2v) is 7.02. The van der Waals surface area contributed by atoms with Crippen molar-refractivity contribution >= 4 is 22.9 Å². The van der Waals surface area contributed by atoms with Crippen LogP contribution in [0, 0.1) is 0 Å². The summed E-state index contributed by atoms with van der Waals surface area (Å²) in [5.41, 5.74) is 0.948. The Balaban J connectivity index is 1.75. The lowest BCUT2D eigenvalue weighted by molar-refractivity contribution is 0.155. The number of nitrogens with zero attached hydrogens (tertiary/aromatic N) is 4. The van der Waals surface area contributed by atoms with Crippen LogP contribution < -0.4 is 5.69 Å². The number of pyridine rings is 2.